The maximum Gasteiger partial charge on any atom is 0.263 e. The predicted octanol–water partition coefficient (Wildman–Crippen LogP) is 4.35. The van der Waals surface area contributed by atoms with Gasteiger partial charge in [-0.25, -0.2) is 4.98 Å². The van der Waals surface area contributed by atoms with Crippen LogP contribution in [0.4, 0.5) is 0 Å². The van der Waals surface area contributed by atoms with Gasteiger partial charge in [-0.1, -0.05) is 35.9 Å². The number of nitrogens with zero attached hydrogens (tertiary/aromatic N) is 2. The third kappa shape index (κ3) is 2.64. The van der Waals surface area contributed by atoms with Crippen LogP contribution in [0.2, 0.25) is 5.02 Å². The lowest BCUT2D eigenvalue weighted by Gasteiger charge is -2.05. The Morgan fingerprint density at radius 3 is 2.76 bits per heavy atom. The van der Waals surface area contributed by atoms with E-state index in [0.29, 0.717) is 17.0 Å². The van der Waals surface area contributed by atoms with Gasteiger partial charge in [-0.3, -0.25) is 9.36 Å². The third-order valence-electron chi connectivity index (χ3n) is 3.16. The summed E-state index contributed by atoms with van der Waals surface area (Å²) in [6.07, 6.45) is 1.58. The fourth-order valence-electron chi connectivity index (χ4n) is 2.21. The van der Waals surface area contributed by atoms with Crippen LogP contribution in [-0.2, 0) is 6.54 Å². The summed E-state index contributed by atoms with van der Waals surface area (Å²) in [7, 11) is 0. The Labute approximate surface area is 131 Å². The van der Waals surface area contributed by atoms with E-state index >= 15 is 0 Å². The minimum absolute atomic E-state index is 0.0331. The third-order valence-corrected chi connectivity index (χ3v) is 4.29. The highest BCUT2D eigenvalue weighted by atomic mass is 35.5. The Morgan fingerprint density at radius 2 is 2.10 bits per heavy atom. The maximum absolute atomic E-state index is 12.6. The van der Waals surface area contributed by atoms with Crippen molar-refractivity contribution in [1.82, 2.24) is 9.55 Å². The average molecular weight is 317 g/mol. The van der Waals surface area contributed by atoms with Gasteiger partial charge in [-0.15, -0.1) is 11.3 Å². The normalized spacial score (nSPS) is 11.0. The van der Waals surface area contributed by atoms with Gasteiger partial charge in [0.15, 0.2) is 0 Å². The number of aromatic nitrogens is 2. The molecule has 0 atom stereocenters. The van der Waals surface area contributed by atoms with Crippen LogP contribution in [0.1, 0.15) is 6.92 Å². The van der Waals surface area contributed by atoms with E-state index in [4.69, 9.17) is 11.6 Å². The summed E-state index contributed by atoms with van der Waals surface area (Å²) in [4.78, 5) is 17.8. The molecule has 0 aliphatic carbocycles. The summed E-state index contributed by atoms with van der Waals surface area (Å²) in [5, 5.41) is 3.30. The molecule has 3 rings (SSSR count). The second kappa shape index (κ2) is 5.47. The van der Waals surface area contributed by atoms with Crippen molar-refractivity contribution in [3.63, 3.8) is 0 Å². The second-order valence-corrected chi connectivity index (χ2v) is 6.27. The summed E-state index contributed by atoms with van der Waals surface area (Å²) in [5.74, 6) is 0. The van der Waals surface area contributed by atoms with Crippen LogP contribution in [0, 0.1) is 0 Å². The minimum atomic E-state index is -0.0331. The molecule has 0 N–H and O–H groups in total. The van der Waals surface area contributed by atoms with E-state index in [1.54, 1.807) is 10.9 Å². The molecule has 0 fully saturated rings. The lowest BCUT2D eigenvalue weighted by molar-refractivity contribution is 0.739. The quantitative estimate of drug-likeness (QED) is 0.673. The Balaban J connectivity index is 2.22. The molecule has 0 saturated heterocycles. The number of rotatable bonds is 3. The highest BCUT2D eigenvalue weighted by molar-refractivity contribution is 7.17. The monoisotopic (exact) mass is 316 g/mol. The van der Waals surface area contributed by atoms with Gasteiger partial charge in [0.25, 0.3) is 5.56 Å². The molecule has 0 unspecified atom stereocenters. The SMILES string of the molecule is C=C(C)Cn1cnc2scc(-c3ccc(Cl)cc3)c2c1=O. The van der Waals surface area contributed by atoms with Crippen LogP contribution in [0.5, 0.6) is 0 Å². The van der Waals surface area contributed by atoms with Crippen molar-refractivity contribution in [3.8, 4) is 11.1 Å². The highest BCUT2D eigenvalue weighted by Crippen LogP contribution is 2.31. The van der Waals surface area contributed by atoms with Gasteiger partial charge in [0.05, 0.1) is 11.7 Å². The van der Waals surface area contributed by atoms with Crippen LogP contribution < -0.4 is 5.56 Å². The van der Waals surface area contributed by atoms with E-state index in [1.807, 2.05) is 36.6 Å². The molecule has 0 aliphatic heterocycles. The fraction of sp³-hybridized carbons (Fsp3) is 0.125. The lowest BCUT2D eigenvalue weighted by Crippen LogP contribution is -2.20. The fourth-order valence-corrected chi connectivity index (χ4v) is 3.25. The largest absolute Gasteiger partial charge is 0.295 e. The van der Waals surface area contributed by atoms with Crippen LogP contribution in [0.15, 0.2) is 52.9 Å². The first-order chi connectivity index (χ1) is 10.1. The maximum atomic E-state index is 12.6. The van der Waals surface area contributed by atoms with Gasteiger partial charge in [0.1, 0.15) is 4.83 Å². The van der Waals surface area contributed by atoms with E-state index in [1.165, 1.54) is 11.3 Å². The number of benzene rings is 1. The molecule has 2 aromatic heterocycles. The zero-order chi connectivity index (χ0) is 15.0. The molecule has 1 aromatic carbocycles. The summed E-state index contributed by atoms with van der Waals surface area (Å²) in [6.45, 7) is 6.23. The van der Waals surface area contributed by atoms with E-state index in [2.05, 4.69) is 11.6 Å². The molecule has 0 radical (unpaired) electrons. The number of halogens is 1. The molecule has 0 amide bonds. The molecule has 0 aliphatic rings. The van der Waals surface area contributed by atoms with Crippen molar-refractivity contribution in [2.75, 3.05) is 0 Å². The molecular weight excluding hydrogens is 304 g/mol. The predicted molar refractivity (Wildman–Crippen MR) is 89.1 cm³/mol. The molecule has 106 valence electrons. The van der Waals surface area contributed by atoms with E-state index in [0.717, 1.165) is 21.5 Å². The van der Waals surface area contributed by atoms with Gasteiger partial charge in [-0.05, 0) is 24.6 Å². The van der Waals surface area contributed by atoms with Gasteiger partial charge >= 0.3 is 0 Å². The Bertz CT molecular complexity index is 877. The topological polar surface area (TPSA) is 34.9 Å². The van der Waals surface area contributed by atoms with Crippen LogP contribution >= 0.6 is 22.9 Å². The lowest BCUT2D eigenvalue weighted by atomic mass is 10.1. The number of hydrogen-bond donors (Lipinski definition) is 0. The summed E-state index contributed by atoms with van der Waals surface area (Å²) in [6, 6.07) is 7.48. The Morgan fingerprint density at radius 1 is 1.38 bits per heavy atom. The van der Waals surface area contributed by atoms with Crippen molar-refractivity contribution in [2.45, 2.75) is 13.5 Å². The van der Waals surface area contributed by atoms with Crippen molar-refractivity contribution in [2.24, 2.45) is 0 Å². The number of thiophene rings is 1. The van der Waals surface area contributed by atoms with E-state index in [9.17, 15) is 4.79 Å². The van der Waals surface area contributed by atoms with Gasteiger partial charge in [-0.2, -0.15) is 0 Å². The number of allylic oxidation sites excluding steroid dienone is 1. The number of hydrogen-bond acceptors (Lipinski definition) is 3. The van der Waals surface area contributed by atoms with Crippen LogP contribution in [0.25, 0.3) is 21.3 Å². The minimum Gasteiger partial charge on any atom is -0.295 e. The molecule has 3 nitrogen and oxygen atoms in total. The molecule has 0 saturated carbocycles. The Kier molecular flexibility index (Phi) is 3.66. The van der Waals surface area contributed by atoms with Gasteiger partial charge in [0, 0.05) is 22.5 Å². The van der Waals surface area contributed by atoms with Crippen molar-refractivity contribution in [1.29, 1.82) is 0 Å². The second-order valence-electron chi connectivity index (χ2n) is 4.97. The first-order valence-electron chi connectivity index (χ1n) is 6.43. The Hall–Kier alpha value is -1.91. The smallest absolute Gasteiger partial charge is 0.263 e. The molecule has 3 aromatic rings. The molecule has 5 heteroatoms. The summed E-state index contributed by atoms with van der Waals surface area (Å²) < 4.78 is 1.59. The summed E-state index contributed by atoms with van der Waals surface area (Å²) >= 11 is 7.39. The standard InChI is InChI=1S/C16H13ClN2OS/c1-10(2)7-19-9-18-15-14(16(19)20)13(8-21-15)11-3-5-12(17)6-4-11/h3-6,8-9H,1,7H2,2H3. The zero-order valence-corrected chi connectivity index (χ0v) is 13.0. The first-order valence-corrected chi connectivity index (χ1v) is 7.69. The molecule has 0 spiro atoms. The first kappa shape index (κ1) is 14.0. The molecule has 0 bridgehead atoms. The molecule has 2 heterocycles. The van der Waals surface area contributed by atoms with Crippen LogP contribution in [0.3, 0.4) is 0 Å². The average Bonchev–Trinajstić information content (AvgIpc) is 2.87. The van der Waals surface area contributed by atoms with Gasteiger partial charge in [0.2, 0.25) is 0 Å². The molecular formula is C16H13ClN2OS. The zero-order valence-electron chi connectivity index (χ0n) is 11.5. The van der Waals surface area contributed by atoms with Crippen molar-refractivity contribution >= 4 is 33.2 Å². The van der Waals surface area contributed by atoms with Crippen molar-refractivity contribution < 1.29 is 0 Å². The van der Waals surface area contributed by atoms with Gasteiger partial charge < -0.3 is 0 Å². The molecule has 21 heavy (non-hydrogen) atoms. The summed E-state index contributed by atoms with van der Waals surface area (Å²) in [5.41, 5.74) is 2.76. The van der Waals surface area contributed by atoms with E-state index < -0.39 is 0 Å². The van der Waals surface area contributed by atoms with Crippen LogP contribution in [-0.4, -0.2) is 9.55 Å². The number of fused-ring (bicyclic) bond motifs is 1. The van der Waals surface area contributed by atoms with E-state index in [-0.39, 0.29) is 5.56 Å². The highest BCUT2D eigenvalue weighted by Gasteiger charge is 2.13. The van der Waals surface area contributed by atoms with Crippen molar-refractivity contribution in [3.05, 3.63) is 63.5 Å².